The van der Waals surface area contributed by atoms with Crippen molar-refractivity contribution in [3.63, 3.8) is 0 Å². The van der Waals surface area contributed by atoms with E-state index in [1.165, 1.54) is 6.07 Å². The van der Waals surface area contributed by atoms with Gasteiger partial charge in [-0.2, -0.15) is 0 Å². The summed E-state index contributed by atoms with van der Waals surface area (Å²) >= 11 is 5.64. The molecule has 2 aromatic heterocycles. The van der Waals surface area contributed by atoms with Crippen molar-refractivity contribution in [1.82, 2.24) is 19.8 Å². The fraction of sp³-hybridized carbons (Fsp3) is 0.261. The van der Waals surface area contributed by atoms with Gasteiger partial charge >= 0.3 is 0 Å². The Labute approximate surface area is 186 Å². The van der Waals surface area contributed by atoms with Crippen molar-refractivity contribution in [2.24, 2.45) is 0 Å². The minimum Gasteiger partial charge on any atom is -0.352 e. The average molecular weight is 438 g/mol. The van der Waals surface area contributed by atoms with Crippen LogP contribution in [0.15, 0.2) is 67.0 Å². The fourth-order valence-corrected chi connectivity index (χ4v) is 4.28. The number of halogens is 1. The number of hydrogen-bond donors (Lipinski definition) is 2. The molecular formula is C23H24FN5OS. The van der Waals surface area contributed by atoms with Crippen molar-refractivity contribution < 1.29 is 9.18 Å². The summed E-state index contributed by atoms with van der Waals surface area (Å²) < 4.78 is 16.0. The van der Waals surface area contributed by atoms with Crippen LogP contribution in [0.3, 0.4) is 0 Å². The van der Waals surface area contributed by atoms with E-state index in [0.717, 1.165) is 17.9 Å². The molecule has 1 aliphatic heterocycles. The zero-order chi connectivity index (χ0) is 21.8. The molecule has 0 bridgehead atoms. The normalized spacial score (nSPS) is 18.1. The Morgan fingerprint density at radius 3 is 2.74 bits per heavy atom. The number of benzene rings is 1. The molecule has 2 N–H and O–H groups in total. The van der Waals surface area contributed by atoms with Crippen LogP contribution in [-0.4, -0.2) is 32.0 Å². The van der Waals surface area contributed by atoms with Crippen LogP contribution in [0.1, 0.15) is 36.8 Å². The molecule has 1 aromatic carbocycles. The van der Waals surface area contributed by atoms with Crippen LogP contribution in [0.4, 0.5) is 10.1 Å². The quantitative estimate of drug-likeness (QED) is 0.546. The van der Waals surface area contributed by atoms with E-state index in [-0.39, 0.29) is 30.1 Å². The smallest absolute Gasteiger partial charge is 0.226 e. The van der Waals surface area contributed by atoms with E-state index in [0.29, 0.717) is 11.7 Å². The van der Waals surface area contributed by atoms with E-state index in [1.54, 1.807) is 24.4 Å². The Bertz CT molecular complexity index is 1070. The number of rotatable bonds is 7. The molecule has 1 amide bonds. The van der Waals surface area contributed by atoms with Crippen LogP contribution in [-0.2, 0) is 11.3 Å². The first-order valence-corrected chi connectivity index (χ1v) is 10.7. The average Bonchev–Trinajstić information content (AvgIpc) is 3.38. The molecule has 0 radical (unpaired) electrons. The van der Waals surface area contributed by atoms with Crippen LogP contribution < -0.4 is 10.6 Å². The number of nitrogens with zero attached hydrogens (tertiary/aromatic N) is 3. The Kier molecular flexibility index (Phi) is 6.27. The SMILES string of the molecule is CCn1cccc1[C@H]1[C@@H](c2ccccn2)NC(=S)N1CCC(=O)Nc1ccccc1F. The van der Waals surface area contributed by atoms with Gasteiger partial charge in [-0.3, -0.25) is 9.78 Å². The molecule has 1 fully saturated rings. The monoisotopic (exact) mass is 437 g/mol. The number of carbonyl (C=O) groups excluding carboxylic acids is 1. The molecule has 3 heterocycles. The molecule has 0 aliphatic carbocycles. The number of anilines is 1. The van der Waals surface area contributed by atoms with Gasteiger partial charge in [0, 0.05) is 37.6 Å². The summed E-state index contributed by atoms with van der Waals surface area (Å²) in [5.74, 6) is -0.720. The van der Waals surface area contributed by atoms with Gasteiger partial charge in [0.15, 0.2) is 5.11 Å². The van der Waals surface area contributed by atoms with Gasteiger partial charge in [-0.25, -0.2) is 4.39 Å². The van der Waals surface area contributed by atoms with E-state index >= 15 is 0 Å². The third-order valence-electron chi connectivity index (χ3n) is 5.43. The summed E-state index contributed by atoms with van der Waals surface area (Å²) in [6.07, 6.45) is 3.98. The second-order valence-corrected chi connectivity index (χ2v) is 7.70. The van der Waals surface area contributed by atoms with Crippen LogP contribution in [0.5, 0.6) is 0 Å². The van der Waals surface area contributed by atoms with Gasteiger partial charge in [0.2, 0.25) is 5.91 Å². The van der Waals surface area contributed by atoms with E-state index in [1.807, 2.05) is 35.4 Å². The van der Waals surface area contributed by atoms with Gasteiger partial charge in [0.05, 0.1) is 23.5 Å². The molecule has 2 atom stereocenters. The zero-order valence-electron chi connectivity index (χ0n) is 17.2. The van der Waals surface area contributed by atoms with Gasteiger partial charge in [0.1, 0.15) is 5.82 Å². The highest BCUT2D eigenvalue weighted by molar-refractivity contribution is 7.80. The highest BCUT2D eigenvalue weighted by Crippen LogP contribution is 2.38. The molecule has 31 heavy (non-hydrogen) atoms. The Hall–Kier alpha value is -3.26. The lowest BCUT2D eigenvalue weighted by molar-refractivity contribution is -0.116. The van der Waals surface area contributed by atoms with Crippen LogP contribution in [0, 0.1) is 5.82 Å². The zero-order valence-corrected chi connectivity index (χ0v) is 18.0. The molecule has 1 saturated heterocycles. The Morgan fingerprint density at radius 2 is 2.00 bits per heavy atom. The van der Waals surface area contributed by atoms with E-state index in [2.05, 4.69) is 33.2 Å². The number of aryl methyl sites for hydroxylation is 1. The third kappa shape index (κ3) is 4.44. The second-order valence-electron chi connectivity index (χ2n) is 7.32. The Morgan fingerprint density at radius 1 is 1.19 bits per heavy atom. The summed E-state index contributed by atoms with van der Waals surface area (Å²) in [4.78, 5) is 19.1. The van der Waals surface area contributed by atoms with Crippen LogP contribution in [0.2, 0.25) is 0 Å². The molecule has 4 rings (SSSR count). The fourth-order valence-electron chi connectivity index (χ4n) is 3.95. The van der Waals surface area contributed by atoms with E-state index in [4.69, 9.17) is 12.2 Å². The molecule has 6 nitrogen and oxygen atoms in total. The van der Waals surface area contributed by atoms with E-state index < -0.39 is 5.82 Å². The predicted molar refractivity (Wildman–Crippen MR) is 122 cm³/mol. The lowest BCUT2D eigenvalue weighted by Crippen LogP contribution is -2.33. The van der Waals surface area contributed by atoms with E-state index in [9.17, 15) is 9.18 Å². The first-order valence-electron chi connectivity index (χ1n) is 10.3. The van der Waals surface area contributed by atoms with Crippen LogP contribution in [0.25, 0.3) is 0 Å². The maximum Gasteiger partial charge on any atom is 0.226 e. The summed E-state index contributed by atoms with van der Waals surface area (Å²) in [5, 5.41) is 6.60. The summed E-state index contributed by atoms with van der Waals surface area (Å²) in [7, 11) is 0. The minimum absolute atomic E-state index is 0.112. The summed E-state index contributed by atoms with van der Waals surface area (Å²) in [6, 6.07) is 15.8. The third-order valence-corrected chi connectivity index (χ3v) is 5.79. The van der Waals surface area contributed by atoms with Crippen molar-refractivity contribution in [3.8, 4) is 0 Å². The van der Waals surface area contributed by atoms with Crippen LogP contribution >= 0.6 is 12.2 Å². The van der Waals surface area contributed by atoms with Gasteiger partial charge in [-0.15, -0.1) is 0 Å². The molecule has 0 spiro atoms. The van der Waals surface area contributed by atoms with Crippen molar-refractivity contribution in [2.45, 2.75) is 32.0 Å². The first-order chi connectivity index (χ1) is 15.1. The number of hydrogen-bond acceptors (Lipinski definition) is 3. The largest absolute Gasteiger partial charge is 0.352 e. The van der Waals surface area contributed by atoms with Gasteiger partial charge in [-0.1, -0.05) is 18.2 Å². The van der Waals surface area contributed by atoms with Crippen molar-refractivity contribution in [2.75, 3.05) is 11.9 Å². The van der Waals surface area contributed by atoms with Crippen molar-refractivity contribution in [1.29, 1.82) is 0 Å². The predicted octanol–water partition coefficient (Wildman–Crippen LogP) is 4.04. The number of thiocarbonyl (C=S) groups is 1. The molecule has 0 saturated carbocycles. The highest BCUT2D eigenvalue weighted by Gasteiger charge is 2.40. The maximum atomic E-state index is 13.9. The number of pyridine rings is 1. The molecule has 1 aliphatic rings. The lowest BCUT2D eigenvalue weighted by Gasteiger charge is -2.28. The topological polar surface area (TPSA) is 62.2 Å². The number of para-hydroxylation sites is 1. The minimum atomic E-state index is -0.455. The molecule has 3 aromatic rings. The maximum absolute atomic E-state index is 13.9. The van der Waals surface area contributed by atoms with Gasteiger partial charge in [-0.05, 0) is 55.5 Å². The molecule has 8 heteroatoms. The number of nitrogens with one attached hydrogen (secondary N) is 2. The van der Waals surface area contributed by atoms with Crippen molar-refractivity contribution in [3.05, 3.63) is 84.2 Å². The van der Waals surface area contributed by atoms with Crippen molar-refractivity contribution >= 4 is 28.9 Å². The lowest BCUT2D eigenvalue weighted by atomic mass is 10.0. The summed E-state index contributed by atoms with van der Waals surface area (Å²) in [5.41, 5.74) is 2.16. The highest BCUT2D eigenvalue weighted by atomic mass is 32.1. The molecule has 160 valence electrons. The first kappa shape index (κ1) is 21.0. The number of aromatic nitrogens is 2. The van der Waals surface area contributed by atoms with Gasteiger partial charge < -0.3 is 20.1 Å². The summed E-state index contributed by atoms with van der Waals surface area (Å²) in [6.45, 7) is 3.31. The number of amides is 1. The Balaban J connectivity index is 1.55. The second kappa shape index (κ2) is 9.26. The van der Waals surface area contributed by atoms with Gasteiger partial charge in [0.25, 0.3) is 0 Å². The molecule has 0 unspecified atom stereocenters. The standard InChI is InChI=1S/C23H24FN5OS/c1-2-28-14-7-11-19(28)22-21(18-10-5-6-13-25-18)27-23(31)29(22)15-12-20(30)26-17-9-4-3-8-16(17)24/h3-11,13-14,21-22H,2,12,15H2,1H3,(H,26,30)(H,27,31)/t21-,22+/m1/s1. The number of carbonyl (C=O) groups is 1. The molecular weight excluding hydrogens is 413 g/mol.